The minimum absolute atomic E-state index is 0.927. The molecule has 0 aliphatic heterocycles. The third kappa shape index (κ3) is 3.43. The van der Waals surface area contributed by atoms with Crippen molar-refractivity contribution in [1.82, 2.24) is 0 Å². The Labute approximate surface area is 236 Å². The van der Waals surface area contributed by atoms with Gasteiger partial charge >= 0.3 is 0 Å². The van der Waals surface area contributed by atoms with Gasteiger partial charge in [0.2, 0.25) is 0 Å². The highest BCUT2D eigenvalue weighted by Crippen LogP contribution is 2.38. The zero-order valence-electron chi connectivity index (χ0n) is 22.3. The Bertz CT molecular complexity index is 2440. The first-order valence-electron chi connectivity index (χ1n) is 14.1. The number of fused-ring (bicyclic) bond motifs is 10. The number of hydrogen-bond donors (Lipinski definition) is 0. The normalized spacial score (nSPS) is 11.9. The highest BCUT2D eigenvalue weighted by molar-refractivity contribution is 6.25. The SMILES string of the molecule is c1ccc2c(c1)oc1ccc(-c3ccc4cc(-c5ccc6c7ccccc7c7ccccc7c6c5)ccc4c3)cc12. The summed E-state index contributed by atoms with van der Waals surface area (Å²) in [5.41, 5.74) is 6.74. The standard InChI is InChI=1S/C40H24O/c1-2-9-33-31(7-1)32-8-3-4-10-34(32)37-23-29(17-19-35(33)37)27-15-13-26-22-28(16-14-25(26)21-27)30-18-20-40-38(24-30)36-11-5-6-12-39(36)41-40/h1-24H. The molecule has 190 valence electrons. The van der Waals surface area contributed by atoms with Crippen molar-refractivity contribution in [1.29, 1.82) is 0 Å². The predicted molar refractivity (Wildman–Crippen MR) is 175 cm³/mol. The smallest absolute Gasteiger partial charge is 0.135 e. The molecule has 1 aromatic heterocycles. The molecule has 1 heteroatoms. The Morgan fingerprint density at radius 1 is 0.268 bits per heavy atom. The molecular weight excluding hydrogens is 496 g/mol. The summed E-state index contributed by atoms with van der Waals surface area (Å²) < 4.78 is 6.04. The van der Waals surface area contributed by atoms with Crippen molar-refractivity contribution in [2.75, 3.05) is 0 Å². The lowest BCUT2D eigenvalue weighted by Crippen LogP contribution is -1.85. The highest BCUT2D eigenvalue weighted by Gasteiger charge is 2.11. The molecule has 1 nitrogen and oxygen atoms in total. The molecule has 1 heterocycles. The number of para-hydroxylation sites is 1. The molecule has 0 atom stereocenters. The van der Waals surface area contributed by atoms with Gasteiger partial charge in [0, 0.05) is 10.8 Å². The predicted octanol–water partition coefficient (Wildman–Crippen LogP) is 11.5. The average Bonchev–Trinajstić information content (AvgIpc) is 3.42. The summed E-state index contributed by atoms with van der Waals surface area (Å²) in [5, 5.41) is 12.6. The van der Waals surface area contributed by atoms with Crippen LogP contribution in [-0.4, -0.2) is 0 Å². The van der Waals surface area contributed by atoms with Crippen LogP contribution in [0.15, 0.2) is 150 Å². The van der Waals surface area contributed by atoms with Crippen molar-refractivity contribution >= 4 is 65.0 Å². The molecule has 0 unspecified atom stereocenters. The second kappa shape index (κ2) is 8.55. The Hall–Kier alpha value is -5.40. The van der Waals surface area contributed by atoms with Crippen LogP contribution in [0.1, 0.15) is 0 Å². The van der Waals surface area contributed by atoms with E-state index in [-0.39, 0.29) is 0 Å². The molecular formula is C40H24O. The maximum absolute atomic E-state index is 6.04. The van der Waals surface area contributed by atoms with Gasteiger partial charge in [0.25, 0.3) is 0 Å². The summed E-state index contributed by atoms with van der Waals surface area (Å²) in [6.07, 6.45) is 0. The Morgan fingerprint density at radius 3 is 1.32 bits per heavy atom. The van der Waals surface area contributed by atoms with E-state index in [1.54, 1.807) is 0 Å². The van der Waals surface area contributed by atoms with Crippen LogP contribution in [0, 0.1) is 0 Å². The number of hydrogen-bond acceptors (Lipinski definition) is 1. The van der Waals surface area contributed by atoms with Crippen LogP contribution in [0.2, 0.25) is 0 Å². The van der Waals surface area contributed by atoms with Crippen molar-refractivity contribution in [3.63, 3.8) is 0 Å². The molecule has 9 aromatic rings. The molecule has 0 aliphatic carbocycles. The summed E-state index contributed by atoms with van der Waals surface area (Å²) >= 11 is 0. The van der Waals surface area contributed by atoms with E-state index in [1.807, 2.05) is 12.1 Å². The van der Waals surface area contributed by atoms with Crippen LogP contribution in [0.5, 0.6) is 0 Å². The van der Waals surface area contributed by atoms with Gasteiger partial charge in [-0.1, -0.05) is 109 Å². The van der Waals surface area contributed by atoms with Crippen LogP contribution < -0.4 is 0 Å². The number of rotatable bonds is 2. The molecule has 0 bridgehead atoms. The van der Waals surface area contributed by atoms with Gasteiger partial charge in [-0.15, -0.1) is 0 Å². The molecule has 0 fully saturated rings. The van der Waals surface area contributed by atoms with Gasteiger partial charge in [0.15, 0.2) is 0 Å². The van der Waals surface area contributed by atoms with Crippen LogP contribution in [0.25, 0.3) is 87.3 Å². The van der Waals surface area contributed by atoms with E-state index in [1.165, 1.54) is 65.3 Å². The first-order valence-corrected chi connectivity index (χ1v) is 14.1. The lowest BCUT2D eigenvalue weighted by atomic mass is 9.91. The zero-order valence-corrected chi connectivity index (χ0v) is 22.3. The molecule has 0 radical (unpaired) electrons. The number of benzene rings is 8. The van der Waals surface area contributed by atoms with E-state index >= 15 is 0 Å². The van der Waals surface area contributed by atoms with Crippen LogP contribution in [0.3, 0.4) is 0 Å². The quantitative estimate of drug-likeness (QED) is 0.207. The molecule has 0 saturated heterocycles. The summed E-state index contributed by atoms with van der Waals surface area (Å²) in [7, 11) is 0. The van der Waals surface area contributed by atoms with Crippen LogP contribution in [0.4, 0.5) is 0 Å². The van der Waals surface area contributed by atoms with Crippen molar-refractivity contribution < 1.29 is 4.42 Å². The van der Waals surface area contributed by atoms with Gasteiger partial charge in [-0.2, -0.15) is 0 Å². The fourth-order valence-electron chi connectivity index (χ4n) is 6.60. The lowest BCUT2D eigenvalue weighted by Gasteiger charge is -2.12. The molecule has 8 aromatic carbocycles. The topological polar surface area (TPSA) is 13.1 Å². The van der Waals surface area contributed by atoms with E-state index in [4.69, 9.17) is 4.42 Å². The van der Waals surface area contributed by atoms with Gasteiger partial charge in [-0.05, 0) is 102 Å². The molecule has 0 aliphatic rings. The van der Waals surface area contributed by atoms with E-state index in [2.05, 4.69) is 133 Å². The summed E-state index contributed by atoms with van der Waals surface area (Å²) in [6, 6.07) is 52.8. The zero-order chi connectivity index (χ0) is 26.9. The van der Waals surface area contributed by atoms with Gasteiger partial charge in [-0.3, -0.25) is 0 Å². The van der Waals surface area contributed by atoms with E-state index in [0.717, 1.165) is 21.9 Å². The molecule has 0 amide bonds. The van der Waals surface area contributed by atoms with Crippen molar-refractivity contribution in [2.24, 2.45) is 0 Å². The second-order valence-electron chi connectivity index (χ2n) is 10.9. The van der Waals surface area contributed by atoms with Gasteiger partial charge < -0.3 is 4.42 Å². The monoisotopic (exact) mass is 520 g/mol. The van der Waals surface area contributed by atoms with Gasteiger partial charge in [0.05, 0.1) is 0 Å². The Morgan fingerprint density at radius 2 is 0.683 bits per heavy atom. The first kappa shape index (κ1) is 22.4. The third-order valence-electron chi connectivity index (χ3n) is 8.63. The number of furan rings is 1. The van der Waals surface area contributed by atoms with Gasteiger partial charge in [0.1, 0.15) is 11.2 Å². The average molecular weight is 521 g/mol. The van der Waals surface area contributed by atoms with Gasteiger partial charge in [-0.25, -0.2) is 0 Å². The molecule has 0 saturated carbocycles. The van der Waals surface area contributed by atoms with Crippen LogP contribution in [-0.2, 0) is 0 Å². The van der Waals surface area contributed by atoms with E-state index < -0.39 is 0 Å². The minimum Gasteiger partial charge on any atom is -0.456 e. The lowest BCUT2D eigenvalue weighted by molar-refractivity contribution is 0.669. The Kier molecular flexibility index (Phi) is 4.67. The minimum atomic E-state index is 0.927. The molecule has 9 rings (SSSR count). The van der Waals surface area contributed by atoms with Crippen LogP contribution >= 0.6 is 0 Å². The summed E-state index contributed by atoms with van der Waals surface area (Å²) in [6.45, 7) is 0. The maximum atomic E-state index is 6.04. The molecule has 41 heavy (non-hydrogen) atoms. The summed E-state index contributed by atoms with van der Waals surface area (Å²) in [4.78, 5) is 0. The first-order chi connectivity index (χ1) is 20.3. The summed E-state index contributed by atoms with van der Waals surface area (Å²) in [5.74, 6) is 0. The van der Waals surface area contributed by atoms with E-state index in [9.17, 15) is 0 Å². The van der Waals surface area contributed by atoms with Crippen molar-refractivity contribution in [3.05, 3.63) is 146 Å². The van der Waals surface area contributed by atoms with E-state index in [0.29, 0.717) is 0 Å². The maximum Gasteiger partial charge on any atom is 0.135 e. The fourth-order valence-corrected chi connectivity index (χ4v) is 6.60. The third-order valence-corrected chi connectivity index (χ3v) is 8.63. The molecule has 0 N–H and O–H groups in total. The highest BCUT2D eigenvalue weighted by atomic mass is 16.3. The Balaban J connectivity index is 1.16. The largest absolute Gasteiger partial charge is 0.456 e. The van der Waals surface area contributed by atoms with Crippen molar-refractivity contribution in [3.8, 4) is 22.3 Å². The van der Waals surface area contributed by atoms with Crippen molar-refractivity contribution in [2.45, 2.75) is 0 Å². The fraction of sp³-hybridized carbons (Fsp3) is 0. The second-order valence-corrected chi connectivity index (χ2v) is 10.9. The molecule has 0 spiro atoms.